The highest BCUT2D eigenvalue weighted by Gasteiger charge is 2.23. The van der Waals surface area contributed by atoms with E-state index in [9.17, 15) is 4.79 Å². The van der Waals surface area contributed by atoms with Gasteiger partial charge in [0.2, 0.25) is 5.91 Å². The van der Waals surface area contributed by atoms with Gasteiger partial charge in [0.25, 0.3) is 0 Å². The number of carbonyl (C=O) groups is 1. The maximum Gasteiger partial charge on any atom is 0.217 e. The zero-order chi connectivity index (χ0) is 14.3. The predicted molar refractivity (Wildman–Crippen MR) is 94.3 cm³/mol. The number of rotatable bonds is 5. The summed E-state index contributed by atoms with van der Waals surface area (Å²) in [5.74, 6) is 1.70. The number of amides is 1. The summed E-state index contributed by atoms with van der Waals surface area (Å²) in [5, 5.41) is 3.34. The number of hydrogen-bond acceptors (Lipinski definition) is 2. The van der Waals surface area contributed by atoms with Gasteiger partial charge in [-0.15, -0.1) is 24.0 Å². The topological polar surface area (TPSA) is 70.7 Å². The smallest absolute Gasteiger partial charge is 0.217 e. The molecule has 1 aliphatic heterocycles. The molecule has 3 N–H and O–H groups in total. The van der Waals surface area contributed by atoms with E-state index in [0.717, 1.165) is 45.0 Å². The third-order valence-electron chi connectivity index (χ3n) is 3.25. The molecular weight excluding hydrogens is 367 g/mol. The van der Waals surface area contributed by atoms with E-state index in [2.05, 4.69) is 36.0 Å². The lowest BCUT2D eigenvalue weighted by molar-refractivity contribution is -0.119. The van der Waals surface area contributed by atoms with Crippen molar-refractivity contribution in [3.63, 3.8) is 0 Å². The number of piperidine rings is 1. The Morgan fingerprint density at radius 1 is 1.50 bits per heavy atom. The van der Waals surface area contributed by atoms with E-state index in [1.165, 1.54) is 0 Å². The molecule has 0 bridgehead atoms. The van der Waals surface area contributed by atoms with Crippen LogP contribution in [0, 0.1) is 11.8 Å². The van der Waals surface area contributed by atoms with Crippen molar-refractivity contribution in [2.45, 2.75) is 40.0 Å². The van der Waals surface area contributed by atoms with Crippen LogP contribution in [0.4, 0.5) is 0 Å². The zero-order valence-electron chi connectivity index (χ0n) is 12.9. The van der Waals surface area contributed by atoms with Crippen LogP contribution < -0.4 is 11.1 Å². The molecular formula is C14H29IN4O. The number of nitrogens with zero attached hydrogens (tertiary/aromatic N) is 2. The number of nitrogens with two attached hydrogens (primary N) is 1. The number of nitrogens with one attached hydrogen (secondary N) is 1. The minimum absolute atomic E-state index is 0. The number of halogens is 1. The predicted octanol–water partition coefficient (Wildman–Crippen LogP) is 1.81. The molecule has 118 valence electrons. The Labute approximate surface area is 139 Å². The number of guanidine groups is 1. The second kappa shape index (κ2) is 10.2. The first kappa shape index (κ1) is 19.5. The number of hydrogen-bond donors (Lipinski definition) is 2. The second-order valence-electron chi connectivity index (χ2n) is 5.71. The van der Waals surface area contributed by atoms with Crippen molar-refractivity contribution in [2.75, 3.05) is 26.2 Å². The fraction of sp³-hybridized carbons (Fsp3) is 0.857. The molecule has 0 aromatic rings. The Kier molecular flexibility index (Phi) is 9.96. The third kappa shape index (κ3) is 7.31. The minimum atomic E-state index is -0.198. The molecule has 1 fully saturated rings. The first-order valence-electron chi connectivity index (χ1n) is 7.34. The zero-order valence-corrected chi connectivity index (χ0v) is 15.2. The summed E-state index contributed by atoms with van der Waals surface area (Å²) < 4.78 is 0. The van der Waals surface area contributed by atoms with Crippen LogP contribution >= 0.6 is 24.0 Å². The van der Waals surface area contributed by atoms with Gasteiger partial charge in [0.15, 0.2) is 5.96 Å². The summed E-state index contributed by atoms with van der Waals surface area (Å²) >= 11 is 0. The molecule has 5 nitrogen and oxygen atoms in total. The van der Waals surface area contributed by atoms with Gasteiger partial charge in [-0.3, -0.25) is 9.79 Å². The number of aliphatic imine (C=N–C) groups is 1. The van der Waals surface area contributed by atoms with Crippen LogP contribution in [0.3, 0.4) is 0 Å². The van der Waals surface area contributed by atoms with E-state index >= 15 is 0 Å². The minimum Gasteiger partial charge on any atom is -0.370 e. The molecule has 1 aliphatic rings. The van der Waals surface area contributed by atoms with Gasteiger partial charge in [-0.05, 0) is 31.6 Å². The third-order valence-corrected chi connectivity index (χ3v) is 3.25. The molecule has 1 rings (SSSR count). The fourth-order valence-corrected chi connectivity index (χ4v) is 2.40. The van der Waals surface area contributed by atoms with E-state index in [-0.39, 0.29) is 29.9 Å². The van der Waals surface area contributed by atoms with Crippen molar-refractivity contribution < 1.29 is 4.79 Å². The molecule has 0 aromatic carbocycles. The lowest BCUT2D eigenvalue weighted by atomic mass is 9.95. The van der Waals surface area contributed by atoms with Crippen LogP contribution in [-0.2, 0) is 4.79 Å². The Morgan fingerprint density at radius 2 is 2.20 bits per heavy atom. The Balaban J connectivity index is 0.00000361. The quantitative estimate of drug-likeness (QED) is 0.423. The van der Waals surface area contributed by atoms with Crippen LogP contribution in [0.15, 0.2) is 4.99 Å². The lowest BCUT2D eigenvalue weighted by Gasteiger charge is -2.34. The highest BCUT2D eigenvalue weighted by Crippen LogP contribution is 2.19. The average molecular weight is 396 g/mol. The molecule has 0 aromatic heterocycles. The van der Waals surface area contributed by atoms with Gasteiger partial charge in [-0.1, -0.05) is 13.8 Å². The molecule has 1 atom stereocenters. The Morgan fingerprint density at radius 3 is 2.75 bits per heavy atom. The molecule has 20 heavy (non-hydrogen) atoms. The Hall–Kier alpha value is -0.530. The standard InChI is InChI=1S/C14H28N4O.HI/c1-4-16-14(17-9-11(2)3)18-7-5-6-12(10-18)8-13(15)19;/h11-12H,4-10H2,1-3H3,(H2,15,19)(H,16,17);1H. The van der Waals surface area contributed by atoms with Crippen LogP contribution in [0.25, 0.3) is 0 Å². The largest absolute Gasteiger partial charge is 0.370 e. The van der Waals surface area contributed by atoms with Crippen molar-refractivity contribution >= 4 is 35.8 Å². The maximum atomic E-state index is 11.0. The van der Waals surface area contributed by atoms with Crippen molar-refractivity contribution in [1.82, 2.24) is 10.2 Å². The molecule has 0 aliphatic carbocycles. The summed E-state index contributed by atoms with van der Waals surface area (Å²) in [6.45, 7) is 10.0. The Bertz CT molecular complexity index is 320. The van der Waals surface area contributed by atoms with Gasteiger partial charge in [-0.25, -0.2) is 0 Å². The van der Waals surface area contributed by atoms with Crippen LogP contribution in [0.2, 0.25) is 0 Å². The average Bonchev–Trinajstić information content (AvgIpc) is 2.33. The second-order valence-corrected chi connectivity index (χ2v) is 5.71. The highest BCUT2D eigenvalue weighted by molar-refractivity contribution is 14.0. The molecule has 1 saturated heterocycles. The summed E-state index contributed by atoms with van der Waals surface area (Å²) in [6.07, 6.45) is 2.67. The van der Waals surface area contributed by atoms with Crippen molar-refractivity contribution in [3.05, 3.63) is 0 Å². The first-order chi connectivity index (χ1) is 9.02. The van der Waals surface area contributed by atoms with Gasteiger partial charge in [0, 0.05) is 32.6 Å². The molecule has 0 radical (unpaired) electrons. The van der Waals surface area contributed by atoms with E-state index in [1.54, 1.807) is 0 Å². The van der Waals surface area contributed by atoms with Gasteiger partial charge < -0.3 is 16.0 Å². The van der Waals surface area contributed by atoms with Crippen LogP contribution in [0.5, 0.6) is 0 Å². The van der Waals surface area contributed by atoms with Crippen molar-refractivity contribution in [3.8, 4) is 0 Å². The maximum absolute atomic E-state index is 11.0. The van der Waals surface area contributed by atoms with Crippen LogP contribution in [0.1, 0.15) is 40.0 Å². The molecule has 0 saturated carbocycles. The number of likely N-dealkylation sites (tertiary alicyclic amines) is 1. The van der Waals surface area contributed by atoms with E-state index in [4.69, 9.17) is 5.73 Å². The normalized spacial score (nSPS) is 19.7. The van der Waals surface area contributed by atoms with E-state index < -0.39 is 0 Å². The summed E-state index contributed by atoms with van der Waals surface area (Å²) in [6, 6.07) is 0. The van der Waals surface area contributed by atoms with Crippen molar-refractivity contribution in [1.29, 1.82) is 0 Å². The first-order valence-corrected chi connectivity index (χ1v) is 7.34. The number of primary amides is 1. The number of carbonyl (C=O) groups excluding carboxylic acids is 1. The molecule has 0 spiro atoms. The fourth-order valence-electron chi connectivity index (χ4n) is 2.40. The summed E-state index contributed by atoms with van der Waals surface area (Å²) in [7, 11) is 0. The molecule has 1 heterocycles. The monoisotopic (exact) mass is 396 g/mol. The summed E-state index contributed by atoms with van der Waals surface area (Å²) in [4.78, 5) is 18.0. The highest BCUT2D eigenvalue weighted by atomic mass is 127. The SMILES string of the molecule is CCNC(=NCC(C)C)N1CCCC(CC(N)=O)C1.I. The summed E-state index contributed by atoms with van der Waals surface area (Å²) in [5.41, 5.74) is 5.30. The van der Waals surface area contributed by atoms with E-state index in [1.807, 2.05) is 0 Å². The van der Waals surface area contributed by atoms with Gasteiger partial charge in [0.1, 0.15) is 0 Å². The molecule has 1 amide bonds. The van der Waals surface area contributed by atoms with E-state index in [0.29, 0.717) is 18.3 Å². The molecule has 1 unspecified atom stereocenters. The van der Waals surface area contributed by atoms with Crippen LogP contribution in [-0.4, -0.2) is 42.9 Å². The van der Waals surface area contributed by atoms with Crippen molar-refractivity contribution in [2.24, 2.45) is 22.6 Å². The van der Waals surface area contributed by atoms with Gasteiger partial charge >= 0.3 is 0 Å². The van der Waals surface area contributed by atoms with Gasteiger partial charge in [-0.2, -0.15) is 0 Å². The van der Waals surface area contributed by atoms with Gasteiger partial charge in [0.05, 0.1) is 0 Å². The molecule has 6 heteroatoms. The lowest BCUT2D eigenvalue weighted by Crippen LogP contribution is -2.47.